The van der Waals surface area contributed by atoms with E-state index in [-0.39, 0.29) is 22.3 Å². The van der Waals surface area contributed by atoms with E-state index in [1.807, 2.05) is 13.0 Å². The second-order valence-corrected chi connectivity index (χ2v) is 8.34. The third kappa shape index (κ3) is 5.46. The molecule has 3 N–H and O–H groups in total. The number of benzene rings is 2. The molecular weight excluding hydrogens is 422 g/mol. The lowest BCUT2D eigenvalue weighted by Crippen LogP contribution is -2.24. The van der Waals surface area contributed by atoms with E-state index in [0.29, 0.717) is 17.2 Å². The molecule has 7 nitrogen and oxygen atoms in total. The topological polar surface area (TPSA) is 108 Å². The van der Waals surface area contributed by atoms with Gasteiger partial charge in [0.2, 0.25) is 5.91 Å². The van der Waals surface area contributed by atoms with Crippen molar-refractivity contribution in [3.8, 4) is 0 Å². The molecule has 30 heavy (non-hydrogen) atoms. The normalized spacial score (nSPS) is 11.5. The quantitative estimate of drug-likeness (QED) is 0.441. The molecule has 0 fully saturated rings. The van der Waals surface area contributed by atoms with E-state index in [2.05, 4.69) is 15.6 Å². The van der Waals surface area contributed by atoms with Crippen molar-refractivity contribution >= 4 is 51.7 Å². The third-order valence-electron chi connectivity index (χ3n) is 4.10. The van der Waals surface area contributed by atoms with Crippen molar-refractivity contribution in [3.63, 3.8) is 0 Å². The first-order valence-corrected chi connectivity index (χ1v) is 10.8. The minimum Gasteiger partial charge on any atom is -0.478 e. The van der Waals surface area contributed by atoms with E-state index in [1.165, 1.54) is 35.2 Å². The molecule has 1 unspecified atom stereocenters. The molecule has 0 saturated heterocycles. The van der Waals surface area contributed by atoms with E-state index in [9.17, 15) is 19.5 Å². The number of carboxylic acid groups (broad SMARTS) is 1. The van der Waals surface area contributed by atoms with Gasteiger partial charge in [0.1, 0.15) is 0 Å². The summed E-state index contributed by atoms with van der Waals surface area (Å²) in [7, 11) is 0. The number of thiazole rings is 1. The van der Waals surface area contributed by atoms with Gasteiger partial charge in [0.05, 0.1) is 16.4 Å². The zero-order chi connectivity index (χ0) is 21.5. The first-order valence-electron chi connectivity index (χ1n) is 9.08. The van der Waals surface area contributed by atoms with Crippen LogP contribution in [0.3, 0.4) is 0 Å². The average molecular weight is 442 g/mol. The van der Waals surface area contributed by atoms with Gasteiger partial charge >= 0.3 is 5.97 Å². The number of aromatic carboxylic acids is 1. The number of nitrogens with zero attached hydrogens (tertiary/aromatic N) is 1. The molecule has 9 heteroatoms. The lowest BCUT2D eigenvalue weighted by Gasteiger charge is -2.14. The van der Waals surface area contributed by atoms with Crippen LogP contribution in [0.1, 0.15) is 34.1 Å². The summed E-state index contributed by atoms with van der Waals surface area (Å²) in [6.45, 7) is 1.92. The van der Waals surface area contributed by atoms with Crippen molar-refractivity contribution in [3.05, 3.63) is 71.2 Å². The molecular formula is C21H19N3O4S2. The number of carboxylic acids is 1. The summed E-state index contributed by atoms with van der Waals surface area (Å²) in [4.78, 5) is 41.3. The zero-order valence-electron chi connectivity index (χ0n) is 16.0. The summed E-state index contributed by atoms with van der Waals surface area (Å²) in [5, 5.41) is 16.8. The van der Waals surface area contributed by atoms with Crippen molar-refractivity contribution in [2.24, 2.45) is 0 Å². The van der Waals surface area contributed by atoms with Crippen LogP contribution in [0.4, 0.5) is 10.8 Å². The number of aromatic nitrogens is 1. The fourth-order valence-corrected chi connectivity index (χ4v) is 4.22. The van der Waals surface area contributed by atoms with Crippen LogP contribution in [0.2, 0.25) is 0 Å². The van der Waals surface area contributed by atoms with Gasteiger partial charge in [-0.2, -0.15) is 0 Å². The van der Waals surface area contributed by atoms with E-state index >= 15 is 0 Å². The highest BCUT2D eigenvalue weighted by Gasteiger charge is 2.20. The largest absolute Gasteiger partial charge is 0.478 e. The number of carbonyl (C=O) groups excluding carboxylic acids is 2. The van der Waals surface area contributed by atoms with E-state index in [1.54, 1.807) is 41.9 Å². The highest BCUT2D eigenvalue weighted by molar-refractivity contribution is 8.00. The molecule has 0 saturated carbocycles. The molecule has 3 aromatic rings. The number of nitrogens with one attached hydrogen (secondary N) is 2. The summed E-state index contributed by atoms with van der Waals surface area (Å²) in [5.74, 6) is -1.81. The number of hydrogen-bond donors (Lipinski definition) is 3. The summed E-state index contributed by atoms with van der Waals surface area (Å²) < 4.78 is 0. The summed E-state index contributed by atoms with van der Waals surface area (Å²) in [5.41, 5.74) is 0.531. The lowest BCUT2D eigenvalue weighted by atomic mass is 10.1. The number of amides is 2. The molecule has 1 atom stereocenters. The third-order valence-corrected chi connectivity index (χ3v) is 6.14. The SMILES string of the molecule is CCC(Sc1cccc(NC(=O)c2ccccc2C(=O)O)c1)C(=O)Nc1nccs1. The fourth-order valence-electron chi connectivity index (χ4n) is 2.67. The Balaban J connectivity index is 1.70. The maximum Gasteiger partial charge on any atom is 0.336 e. The smallest absolute Gasteiger partial charge is 0.336 e. The van der Waals surface area contributed by atoms with Gasteiger partial charge in [-0.25, -0.2) is 9.78 Å². The minimum absolute atomic E-state index is 0.0644. The number of carbonyl (C=O) groups is 3. The Morgan fingerprint density at radius 2 is 1.87 bits per heavy atom. The van der Waals surface area contributed by atoms with E-state index in [0.717, 1.165) is 4.90 Å². The van der Waals surface area contributed by atoms with Crippen LogP contribution in [0.15, 0.2) is 65.0 Å². The molecule has 2 aromatic carbocycles. The van der Waals surface area contributed by atoms with Gasteiger partial charge in [-0.1, -0.05) is 25.1 Å². The summed E-state index contributed by atoms with van der Waals surface area (Å²) >= 11 is 2.74. The second-order valence-electron chi connectivity index (χ2n) is 6.17. The van der Waals surface area contributed by atoms with Crippen molar-refractivity contribution in [1.82, 2.24) is 4.98 Å². The molecule has 2 amide bonds. The van der Waals surface area contributed by atoms with Crippen molar-refractivity contribution in [2.75, 3.05) is 10.6 Å². The minimum atomic E-state index is -1.16. The van der Waals surface area contributed by atoms with Crippen LogP contribution in [-0.2, 0) is 4.79 Å². The van der Waals surface area contributed by atoms with Gasteiger partial charge < -0.3 is 15.7 Å². The number of thioether (sulfide) groups is 1. The molecule has 0 aliphatic heterocycles. The number of hydrogen-bond acceptors (Lipinski definition) is 6. The predicted molar refractivity (Wildman–Crippen MR) is 118 cm³/mol. The van der Waals surface area contributed by atoms with Gasteiger partial charge in [0, 0.05) is 22.2 Å². The summed E-state index contributed by atoms with van der Waals surface area (Å²) in [6, 6.07) is 13.1. The Hall–Kier alpha value is -3.17. The van der Waals surface area contributed by atoms with Crippen molar-refractivity contribution < 1.29 is 19.5 Å². The van der Waals surface area contributed by atoms with E-state index in [4.69, 9.17) is 0 Å². The highest BCUT2D eigenvalue weighted by atomic mass is 32.2. The van der Waals surface area contributed by atoms with Gasteiger partial charge in [-0.05, 0) is 36.8 Å². The standard InChI is InChI=1S/C21H19N3O4S2/c1-2-17(19(26)24-21-22-10-11-29-21)30-14-7-5-6-13(12-14)23-18(25)15-8-3-4-9-16(15)20(27)28/h3-12,17H,2H2,1H3,(H,23,25)(H,27,28)(H,22,24,26). The Morgan fingerprint density at radius 1 is 1.10 bits per heavy atom. The monoisotopic (exact) mass is 441 g/mol. The van der Waals surface area contributed by atoms with Gasteiger partial charge in [-0.15, -0.1) is 23.1 Å². The highest BCUT2D eigenvalue weighted by Crippen LogP contribution is 2.29. The molecule has 0 radical (unpaired) electrons. The molecule has 0 bridgehead atoms. The first-order chi connectivity index (χ1) is 14.5. The van der Waals surface area contributed by atoms with Crippen LogP contribution in [0, 0.1) is 0 Å². The second kappa shape index (κ2) is 10.0. The first kappa shape index (κ1) is 21.5. The maximum atomic E-state index is 12.6. The van der Waals surface area contributed by atoms with Crippen molar-refractivity contribution in [1.29, 1.82) is 0 Å². The fraction of sp³-hybridized carbons (Fsp3) is 0.143. The van der Waals surface area contributed by atoms with E-state index < -0.39 is 11.9 Å². The van der Waals surface area contributed by atoms with Gasteiger partial charge in [-0.3, -0.25) is 9.59 Å². The van der Waals surface area contributed by atoms with Crippen LogP contribution in [0.5, 0.6) is 0 Å². The Bertz CT molecular complexity index is 1050. The zero-order valence-corrected chi connectivity index (χ0v) is 17.6. The summed E-state index contributed by atoms with van der Waals surface area (Å²) in [6.07, 6.45) is 2.24. The maximum absolute atomic E-state index is 12.6. The van der Waals surface area contributed by atoms with Crippen LogP contribution in [0.25, 0.3) is 0 Å². The molecule has 0 spiro atoms. The van der Waals surface area contributed by atoms with Gasteiger partial charge in [0.25, 0.3) is 5.91 Å². The van der Waals surface area contributed by atoms with Crippen molar-refractivity contribution in [2.45, 2.75) is 23.5 Å². The average Bonchev–Trinajstić information content (AvgIpc) is 3.25. The molecule has 3 rings (SSSR count). The number of rotatable bonds is 8. The molecule has 0 aliphatic carbocycles. The molecule has 1 heterocycles. The number of anilines is 2. The Labute approximate surface area is 181 Å². The van der Waals surface area contributed by atoms with Crippen LogP contribution in [-0.4, -0.2) is 33.1 Å². The Morgan fingerprint density at radius 3 is 2.53 bits per heavy atom. The van der Waals surface area contributed by atoms with Crippen LogP contribution < -0.4 is 10.6 Å². The molecule has 154 valence electrons. The predicted octanol–water partition coefficient (Wildman–Crippen LogP) is 4.60. The molecule has 1 aromatic heterocycles. The Kier molecular flexibility index (Phi) is 7.21. The lowest BCUT2D eigenvalue weighted by molar-refractivity contribution is -0.115. The van der Waals surface area contributed by atoms with Crippen LogP contribution >= 0.6 is 23.1 Å². The molecule has 0 aliphatic rings. The van der Waals surface area contributed by atoms with Gasteiger partial charge in [0.15, 0.2) is 5.13 Å².